The Bertz CT molecular complexity index is 1060. The van der Waals surface area contributed by atoms with E-state index in [1.807, 2.05) is 47.6 Å². The first-order valence-electron chi connectivity index (χ1n) is 11.0. The second kappa shape index (κ2) is 10.3. The predicted octanol–water partition coefficient (Wildman–Crippen LogP) is 4.41. The first kappa shape index (κ1) is 24.0. The smallest absolute Gasteiger partial charge is 0.257 e. The highest BCUT2D eigenvalue weighted by atomic mass is 16.5. The number of hydrogen-bond acceptors (Lipinski definition) is 7. The number of nitrogens with zero attached hydrogens (tertiary/aromatic N) is 4. The zero-order chi connectivity index (χ0) is 24.0. The van der Waals surface area contributed by atoms with E-state index in [0.717, 1.165) is 5.69 Å². The van der Waals surface area contributed by atoms with Crippen molar-refractivity contribution in [3.8, 4) is 23.2 Å². The predicted molar refractivity (Wildman–Crippen MR) is 126 cm³/mol. The highest BCUT2D eigenvalue weighted by molar-refractivity contribution is 6.04. The van der Waals surface area contributed by atoms with E-state index in [0.29, 0.717) is 54.4 Å². The third kappa shape index (κ3) is 5.60. The van der Waals surface area contributed by atoms with Gasteiger partial charge in [-0.15, -0.1) is 0 Å². The fourth-order valence-electron chi connectivity index (χ4n) is 3.10. The molecule has 176 valence electrons. The van der Waals surface area contributed by atoms with E-state index in [2.05, 4.69) is 20.4 Å². The lowest BCUT2D eigenvalue weighted by molar-refractivity contribution is 0.102. The summed E-state index contributed by atoms with van der Waals surface area (Å²) < 4.78 is 18.7. The summed E-state index contributed by atoms with van der Waals surface area (Å²) >= 11 is 0. The minimum absolute atomic E-state index is 0.233. The van der Waals surface area contributed by atoms with Crippen LogP contribution in [0.4, 0.5) is 5.82 Å². The molecule has 2 heterocycles. The number of aromatic nitrogens is 4. The molecule has 0 radical (unpaired) electrons. The molecule has 0 aliphatic heterocycles. The van der Waals surface area contributed by atoms with Crippen LogP contribution in [-0.2, 0) is 5.41 Å². The van der Waals surface area contributed by atoms with Gasteiger partial charge in [0.2, 0.25) is 5.75 Å². The first-order valence-corrected chi connectivity index (χ1v) is 11.0. The molecule has 3 aromatic rings. The monoisotopic (exact) mass is 453 g/mol. The highest BCUT2D eigenvalue weighted by Crippen LogP contribution is 2.39. The van der Waals surface area contributed by atoms with Gasteiger partial charge in [0.1, 0.15) is 5.82 Å². The van der Waals surface area contributed by atoms with Crippen molar-refractivity contribution in [2.24, 2.45) is 0 Å². The molecule has 3 rings (SSSR count). The minimum atomic E-state index is -0.350. The number of carbonyl (C=O) groups is 1. The molecule has 0 bridgehead atoms. The van der Waals surface area contributed by atoms with Gasteiger partial charge in [-0.05, 0) is 39.0 Å². The third-order valence-electron chi connectivity index (χ3n) is 4.63. The summed E-state index contributed by atoms with van der Waals surface area (Å²) in [6.07, 6.45) is 3.25. The van der Waals surface area contributed by atoms with Crippen molar-refractivity contribution in [1.29, 1.82) is 0 Å². The summed E-state index contributed by atoms with van der Waals surface area (Å²) in [5.74, 6) is 1.85. The van der Waals surface area contributed by atoms with E-state index in [9.17, 15) is 4.79 Å². The van der Waals surface area contributed by atoms with Gasteiger partial charge in [0.25, 0.3) is 11.9 Å². The Morgan fingerprint density at radius 2 is 1.52 bits per heavy atom. The van der Waals surface area contributed by atoms with Gasteiger partial charge < -0.3 is 19.5 Å². The zero-order valence-corrected chi connectivity index (χ0v) is 20.0. The van der Waals surface area contributed by atoms with E-state index < -0.39 is 0 Å². The van der Waals surface area contributed by atoms with Crippen LogP contribution in [0.5, 0.6) is 17.2 Å². The molecule has 1 N–H and O–H groups in total. The van der Waals surface area contributed by atoms with Crippen LogP contribution in [0.25, 0.3) is 5.95 Å². The van der Waals surface area contributed by atoms with Crippen LogP contribution in [0.15, 0.2) is 36.7 Å². The van der Waals surface area contributed by atoms with Crippen molar-refractivity contribution in [2.45, 2.75) is 47.0 Å². The lowest BCUT2D eigenvalue weighted by Gasteiger charge is -2.17. The normalized spacial score (nSPS) is 11.2. The number of benzene rings is 1. The van der Waals surface area contributed by atoms with E-state index in [1.54, 1.807) is 30.6 Å². The molecule has 0 saturated carbocycles. The molecule has 0 atom stereocenters. The first-order chi connectivity index (χ1) is 15.8. The molecule has 2 aromatic heterocycles. The Hall–Kier alpha value is -3.62. The van der Waals surface area contributed by atoms with Crippen LogP contribution in [0.2, 0.25) is 0 Å². The maximum absolute atomic E-state index is 13.3. The topological polar surface area (TPSA) is 100 Å². The maximum atomic E-state index is 13.3. The number of anilines is 1. The summed E-state index contributed by atoms with van der Waals surface area (Å²) in [4.78, 5) is 21.8. The number of rotatable bonds is 9. The summed E-state index contributed by atoms with van der Waals surface area (Å²) in [7, 11) is 0. The number of hydrogen-bond donors (Lipinski definition) is 1. The number of carbonyl (C=O) groups excluding carboxylic acids is 1. The molecular formula is C24H31N5O4. The third-order valence-corrected chi connectivity index (χ3v) is 4.63. The lowest BCUT2D eigenvalue weighted by Crippen LogP contribution is -2.17. The fourth-order valence-corrected chi connectivity index (χ4v) is 3.10. The van der Waals surface area contributed by atoms with E-state index in [1.165, 1.54) is 4.68 Å². The van der Waals surface area contributed by atoms with E-state index in [-0.39, 0.29) is 11.3 Å². The Morgan fingerprint density at radius 1 is 0.939 bits per heavy atom. The largest absolute Gasteiger partial charge is 0.490 e. The SMILES string of the molecule is CCOc1cc(C(=O)Nc2cc(C(C)(C)C)nn2-c2ncccn2)cc(OCC)c1OCC. The van der Waals surface area contributed by atoms with Crippen LogP contribution in [0, 0.1) is 0 Å². The van der Waals surface area contributed by atoms with Crippen molar-refractivity contribution < 1.29 is 19.0 Å². The van der Waals surface area contributed by atoms with Crippen LogP contribution >= 0.6 is 0 Å². The van der Waals surface area contributed by atoms with Crippen molar-refractivity contribution in [3.05, 3.63) is 47.9 Å². The second-order valence-corrected chi connectivity index (χ2v) is 8.18. The molecule has 1 aromatic carbocycles. The van der Waals surface area contributed by atoms with Crippen molar-refractivity contribution in [2.75, 3.05) is 25.1 Å². The van der Waals surface area contributed by atoms with Gasteiger partial charge in [-0.25, -0.2) is 9.97 Å². The molecule has 0 aliphatic carbocycles. The Balaban J connectivity index is 2.02. The van der Waals surface area contributed by atoms with Crippen molar-refractivity contribution >= 4 is 11.7 Å². The van der Waals surface area contributed by atoms with Crippen LogP contribution in [0.3, 0.4) is 0 Å². The molecule has 0 fully saturated rings. The van der Waals surface area contributed by atoms with Gasteiger partial charge in [-0.2, -0.15) is 9.78 Å². The van der Waals surface area contributed by atoms with Gasteiger partial charge in [0, 0.05) is 29.4 Å². The van der Waals surface area contributed by atoms with Gasteiger partial charge in [0.05, 0.1) is 25.5 Å². The van der Waals surface area contributed by atoms with Gasteiger partial charge in [0.15, 0.2) is 11.5 Å². The molecule has 0 spiro atoms. The number of nitrogens with one attached hydrogen (secondary N) is 1. The average molecular weight is 454 g/mol. The molecule has 33 heavy (non-hydrogen) atoms. The van der Waals surface area contributed by atoms with Gasteiger partial charge in [-0.3, -0.25) is 4.79 Å². The standard InChI is InChI=1S/C24H31N5O4/c1-7-31-17-13-16(14-18(32-8-2)21(17)33-9-3)22(30)27-20-15-19(24(4,5)6)28-29(20)23-25-11-10-12-26-23/h10-15H,7-9H2,1-6H3,(H,27,30). The zero-order valence-electron chi connectivity index (χ0n) is 20.0. The van der Waals surface area contributed by atoms with Crippen molar-refractivity contribution in [3.63, 3.8) is 0 Å². The molecule has 0 saturated heterocycles. The van der Waals surface area contributed by atoms with Crippen molar-refractivity contribution in [1.82, 2.24) is 19.7 Å². The van der Waals surface area contributed by atoms with Crippen LogP contribution < -0.4 is 19.5 Å². The number of amides is 1. The summed E-state index contributed by atoms with van der Waals surface area (Å²) in [6.45, 7) is 13.0. The molecule has 0 aliphatic rings. The lowest BCUT2D eigenvalue weighted by atomic mass is 9.92. The summed E-state index contributed by atoms with van der Waals surface area (Å²) in [5.41, 5.74) is 0.925. The molecule has 1 amide bonds. The maximum Gasteiger partial charge on any atom is 0.257 e. The average Bonchev–Trinajstić information content (AvgIpc) is 3.21. The summed E-state index contributed by atoms with van der Waals surface area (Å²) in [6, 6.07) is 6.85. The second-order valence-electron chi connectivity index (χ2n) is 8.18. The number of ether oxygens (including phenoxy) is 3. The Morgan fingerprint density at radius 3 is 2.03 bits per heavy atom. The Kier molecular flexibility index (Phi) is 7.52. The fraction of sp³-hybridized carbons (Fsp3) is 0.417. The van der Waals surface area contributed by atoms with E-state index >= 15 is 0 Å². The van der Waals surface area contributed by atoms with Gasteiger partial charge >= 0.3 is 0 Å². The molecule has 9 nitrogen and oxygen atoms in total. The van der Waals surface area contributed by atoms with Crippen LogP contribution in [-0.4, -0.2) is 45.5 Å². The highest BCUT2D eigenvalue weighted by Gasteiger charge is 2.24. The van der Waals surface area contributed by atoms with Gasteiger partial charge in [-0.1, -0.05) is 20.8 Å². The Labute approximate surface area is 194 Å². The summed E-state index contributed by atoms with van der Waals surface area (Å²) in [5, 5.41) is 7.58. The quantitative estimate of drug-likeness (QED) is 0.512. The van der Waals surface area contributed by atoms with Crippen LogP contribution in [0.1, 0.15) is 57.6 Å². The molecule has 0 unspecified atom stereocenters. The molecular weight excluding hydrogens is 422 g/mol. The molecule has 9 heteroatoms. The minimum Gasteiger partial charge on any atom is -0.490 e. The van der Waals surface area contributed by atoms with E-state index in [4.69, 9.17) is 14.2 Å².